The van der Waals surface area contributed by atoms with Gasteiger partial charge in [0.15, 0.2) is 6.29 Å². The Morgan fingerprint density at radius 2 is 0.810 bits per heavy atom. The molecule has 0 aromatic rings. The van der Waals surface area contributed by atoms with Crippen LogP contribution in [0.2, 0.25) is 0 Å². The average molecular weight is 1180 g/mol. The second-order valence-corrected chi connectivity index (χ2v) is 24.6. The monoisotopic (exact) mass is 1180 g/mol. The van der Waals surface area contributed by atoms with Crippen molar-refractivity contribution in [1.29, 1.82) is 0 Å². The molecular formula is C73H133NO10. The van der Waals surface area contributed by atoms with Crippen molar-refractivity contribution in [1.82, 2.24) is 5.32 Å². The van der Waals surface area contributed by atoms with E-state index in [1.54, 1.807) is 6.08 Å². The van der Waals surface area contributed by atoms with Gasteiger partial charge >= 0.3 is 5.97 Å². The molecule has 1 aliphatic rings. The molecule has 7 unspecified atom stereocenters. The number of amides is 1. The van der Waals surface area contributed by atoms with Gasteiger partial charge in [0, 0.05) is 12.8 Å². The van der Waals surface area contributed by atoms with Crippen molar-refractivity contribution >= 4 is 11.9 Å². The lowest BCUT2D eigenvalue weighted by Crippen LogP contribution is -2.60. The third-order valence-corrected chi connectivity index (χ3v) is 16.6. The smallest absolute Gasteiger partial charge is 0.305 e. The summed E-state index contributed by atoms with van der Waals surface area (Å²) in [5.74, 6) is -0.197. The standard InChI is InChI=1S/C73H133NO10/c1-3-5-7-9-11-13-15-17-32-35-39-43-47-51-55-59-66(76)65(64-83-73-72(81)71(80)70(79)67(63-75)84-73)74-68(77)60-56-52-48-44-40-36-33-30-28-26-24-22-20-19-21-23-25-27-29-31-34-38-42-46-50-54-58-62-82-69(78)61-57-53-49-45-41-37-18-16-14-12-10-8-6-4-2/h10,12,16,18-20,23,25,55,59,65-67,70-73,75-76,79-81H,3-9,11,13-15,17,21-22,24,26-54,56-58,60-64H2,1-2H3,(H,74,77)/b12-10-,18-16-,20-19-,25-23-,59-55+. The molecule has 0 spiro atoms. The second kappa shape index (κ2) is 62.0. The van der Waals surface area contributed by atoms with Crippen LogP contribution in [0.5, 0.6) is 0 Å². The van der Waals surface area contributed by atoms with Gasteiger partial charge in [0.25, 0.3) is 0 Å². The molecule has 1 aliphatic heterocycles. The molecule has 0 aromatic carbocycles. The highest BCUT2D eigenvalue weighted by atomic mass is 16.7. The van der Waals surface area contributed by atoms with Gasteiger partial charge in [-0.1, -0.05) is 286 Å². The summed E-state index contributed by atoms with van der Waals surface area (Å²) in [5, 5.41) is 54.6. The Morgan fingerprint density at radius 1 is 0.440 bits per heavy atom. The molecule has 490 valence electrons. The van der Waals surface area contributed by atoms with Crippen molar-refractivity contribution in [2.45, 2.75) is 371 Å². The molecular weight excluding hydrogens is 1050 g/mol. The van der Waals surface area contributed by atoms with E-state index in [0.29, 0.717) is 19.4 Å². The van der Waals surface area contributed by atoms with Crippen molar-refractivity contribution in [3.63, 3.8) is 0 Å². The van der Waals surface area contributed by atoms with Gasteiger partial charge in [-0.2, -0.15) is 0 Å². The highest BCUT2D eigenvalue weighted by molar-refractivity contribution is 5.76. The van der Waals surface area contributed by atoms with Crippen LogP contribution in [0, 0.1) is 0 Å². The number of nitrogens with one attached hydrogen (secondary N) is 1. The van der Waals surface area contributed by atoms with Gasteiger partial charge in [0.05, 0.1) is 32.0 Å². The Bertz CT molecular complexity index is 1580. The van der Waals surface area contributed by atoms with Gasteiger partial charge in [0.2, 0.25) is 5.91 Å². The highest BCUT2D eigenvalue weighted by Gasteiger charge is 2.44. The summed E-state index contributed by atoms with van der Waals surface area (Å²) in [5.41, 5.74) is 0. The first-order chi connectivity index (χ1) is 41.2. The number of esters is 1. The van der Waals surface area contributed by atoms with Gasteiger partial charge in [-0.15, -0.1) is 0 Å². The third-order valence-electron chi connectivity index (χ3n) is 16.6. The first kappa shape index (κ1) is 79.4. The Labute approximate surface area is 516 Å². The number of carbonyl (C=O) groups excluding carboxylic acids is 2. The molecule has 11 nitrogen and oxygen atoms in total. The summed E-state index contributed by atoms with van der Waals surface area (Å²) in [7, 11) is 0. The molecule has 1 amide bonds. The zero-order valence-electron chi connectivity index (χ0n) is 54.4. The molecule has 0 aliphatic carbocycles. The summed E-state index contributed by atoms with van der Waals surface area (Å²) in [6.07, 6.45) is 71.9. The maximum atomic E-state index is 13.1. The van der Waals surface area contributed by atoms with Gasteiger partial charge in [-0.05, 0) is 89.9 Å². The predicted octanol–water partition coefficient (Wildman–Crippen LogP) is 18.1. The van der Waals surface area contributed by atoms with Crippen LogP contribution >= 0.6 is 0 Å². The van der Waals surface area contributed by atoms with Crippen molar-refractivity contribution < 1.29 is 49.3 Å². The van der Waals surface area contributed by atoms with Crippen LogP contribution in [0.15, 0.2) is 60.8 Å². The lowest BCUT2D eigenvalue weighted by Gasteiger charge is -2.40. The van der Waals surface area contributed by atoms with E-state index in [1.165, 1.54) is 218 Å². The fourth-order valence-corrected chi connectivity index (χ4v) is 11.0. The molecule has 1 fully saturated rings. The largest absolute Gasteiger partial charge is 0.466 e. The lowest BCUT2D eigenvalue weighted by atomic mass is 9.99. The molecule has 0 radical (unpaired) electrons. The van der Waals surface area contributed by atoms with E-state index >= 15 is 0 Å². The molecule has 0 bridgehead atoms. The fourth-order valence-electron chi connectivity index (χ4n) is 11.0. The average Bonchev–Trinajstić information content (AvgIpc) is 3.66. The zero-order chi connectivity index (χ0) is 60.9. The number of allylic oxidation sites excluding steroid dienone is 9. The Morgan fingerprint density at radius 3 is 1.24 bits per heavy atom. The normalized spacial score (nSPS) is 18.4. The SMILES string of the molecule is CCCC/C=C\C/C=C\CCCCCCCC(=O)OCCCCCCCCCCC/C=C\C/C=C\CCCCCCCCCCCCCC(=O)NC(COC1OC(CO)C(O)C(O)C1O)C(O)/C=C/CCCCCCCCCCCCCCC. The van der Waals surface area contributed by atoms with Crippen LogP contribution in [-0.2, 0) is 23.8 Å². The van der Waals surface area contributed by atoms with Crippen LogP contribution in [0.3, 0.4) is 0 Å². The summed E-state index contributed by atoms with van der Waals surface area (Å²) < 4.78 is 16.8. The quantitative estimate of drug-likeness (QED) is 0.0195. The third kappa shape index (κ3) is 50.4. The molecule has 1 rings (SSSR count). The summed E-state index contributed by atoms with van der Waals surface area (Å²) in [6, 6.07) is -0.814. The number of aliphatic hydroxyl groups excluding tert-OH is 5. The van der Waals surface area contributed by atoms with Crippen LogP contribution in [0.25, 0.3) is 0 Å². The highest BCUT2D eigenvalue weighted by Crippen LogP contribution is 2.23. The zero-order valence-corrected chi connectivity index (χ0v) is 54.4. The van der Waals surface area contributed by atoms with E-state index < -0.39 is 49.5 Å². The van der Waals surface area contributed by atoms with Crippen molar-refractivity contribution in [2.75, 3.05) is 19.8 Å². The van der Waals surface area contributed by atoms with Gasteiger partial charge in [-0.3, -0.25) is 9.59 Å². The summed E-state index contributed by atoms with van der Waals surface area (Å²) in [6.45, 7) is 4.32. The lowest BCUT2D eigenvalue weighted by molar-refractivity contribution is -0.302. The molecule has 0 saturated carbocycles. The minimum Gasteiger partial charge on any atom is -0.466 e. The second-order valence-electron chi connectivity index (χ2n) is 24.6. The number of ether oxygens (including phenoxy) is 3. The van der Waals surface area contributed by atoms with Gasteiger partial charge in [0.1, 0.15) is 24.4 Å². The topological polar surface area (TPSA) is 175 Å². The van der Waals surface area contributed by atoms with E-state index in [-0.39, 0.29) is 18.5 Å². The molecule has 6 N–H and O–H groups in total. The molecule has 7 atom stereocenters. The summed E-state index contributed by atoms with van der Waals surface area (Å²) >= 11 is 0. The minimum atomic E-state index is -1.57. The van der Waals surface area contributed by atoms with E-state index in [4.69, 9.17) is 14.2 Å². The van der Waals surface area contributed by atoms with E-state index in [2.05, 4.69) is 67.8 Å². The Hall–Kier alpha value is -2.64. The van der Waals surface area contributed by atoms with Crippen molar-refractivity contribution in [3.05, 3.63) is 60.8 Å². The van der Waals surface area contributed by atoms with Crippen LogP contribution in [-0.4, -0.2) is 100 Å². The first-order valence-corrected chi connectivity index (χ1v) is 35.6. The number of hydrogen-bond donors (Lipinski definition) is 6. The first-order valence-electron chi connectivity index (χ1n) is 35.6. The number of unbranched alkanes of at least 4 members (excludes halogenated alkanes) is 40. The maximum absolute atomic E-state index is 13.1. The van der Waals surface area contributed by atoms with Crippen LogP contribution in [0.4, 0.5) is 0 Å². The van der Waals surface area contributed by atoms with Crippen LogP contribution in [0.1, 0.15) is 328 Å². The summed E-state index contributed by atoms with van der Waals surface area (Å²) in [4.78, 5) is 25.2. The molecule has 0 aromatic heterocycles. The predicted molar refractivity (Wildman–Crippen MR) is 352 cm³/mol. The Balaban J connectivity index is 2.02. The number of rotatable bonds is 62. The number of aliphatic hydroxyl groups is 5. The molecule has 84 heavy (non-hydrogen) atoms. The van der Waals surface area contributed by atoms with Gasteiger partial charge < -0.3 is 45.1 Å². The van der Waals surface area contributed by atoms with Crippen molar-refractivity contribution in [2.24, 2.45) is 0 Å². The maximum Gasteiger partial charge on any atom is 0.305 e. The molecule has 11 heteroatoms. The molecule has 1 saturated heterocycles. The number of carbonyl (C=O) groups is 2. The van der Waals surface area contributed by atoms with Gasteiger partial charge in [-0.25, -0.2) is 0 Å². The van der Waals surface area contributed by atoms with Crippen molar-refractivity contribution in [3.8, 4) is 0 Å². The molecule has 1 heterocycles. The minimum absolute atomic E-state index is 0.0138. The Kier molecular flexibility index (Phi) is 58.6. The van der Waals surface area contributed by atoms with Crippen LogP contribution < -0.4 is 5.32 Å². The fraction of sp³-hybridized carbons (Fsp3) is 0.836. The van der Waals surface area contributed by atoms with E-state index in [9.17, 15) is 35.1 Å². The van der Waals surface area contributed by atoms with E-state index in [0.717, 1.165) is 83.5 Å². The number of hydrogen-bond acceptors (Lipinski definition) is 10. The van der Waals surface area contributed by atoms with E-state index in [1.807, 2.05) is 6.08 Å².